The lowest BCUT2D eigenvalue weighted by atomic mass is 9.74. The second kappa shape index (κ2) is 19.2. The number of aromatic nitrogens is 4. The molecule has 1 atom stereocenters. The Labute approximate surface area is 385 Å². The van der Waals surface area contributed by atoms with E-state index in [4.69, 9.17) is 14.2 Å². The van der Waals surface area contributed by atoms with Gasteiger partial charge >= 0.3 is 0 Å². The zero-order valence-electron chi connectivity index (χ0n) is 36.5. The third-order valence-electron chi connectivity index (χ3n) is 12.0. The first-order chi connectivity index (χ1) is 31.9. The molecule has 18 nitrogen and oxygen atoms in total. The summed E-state index contributed by atoms with van der Waals surface area (Å²) in [4.78, 5) is 47.0. The molecule has 2 fully saturated rings. The van der Waals surface area contributed by atoms with Gasteiger partial charge in [-0.2, -0.15) is 0 Å². The summed E-state index contributed by atoms with van der Waals surface area (Å²) in [5.41, 5.74) is 5.05. The number of H-pyrrole nitrogens is 1. The molecule has 344 valence electrons. The van der Waals surface area contributed by atoms with Crippen LogP contribution in [-0.4, -0.2) is 109 Å². The predicted octanol–water partition coefficient (Wildman–Crippen LogP) is 7.59. The number of aromatic amines is 1. The molecule has 0 saturated carbocycles. The van der Waals surface area contributed by atoms with Gasteiger partial charge in [-0.1, -0.05) is 19.4 Å². The second-order valence-electron chi connectivity index (χ2n) is 17.3. The van der Waals surface area contributed by atoms with Crippen LogP contribution in [-0.2, 0) is 19.5 Å². The number of nitro benzene ring substituents is 1. The van der Waals surface area contributed by atoms with Gasteiger partial charge in [0.25, 0.3) is 21.6 Å². The van der Waals surface area contributed by atoms with Crippen LogP contribution in [0.3, 0.4) is 0 Å². The summed E-state index contributed by atoms with van der Waals surface area (Å²) >= 11 is 1.74. The summed E-state index contributed by atoms with van der Waals surface area (Å²) in [6.45, 7) is 9.97. The van der Waals surface area contributed by atoms with Gasteiger partial charge in [0, 0.05) is 91.3 Å². The number of nitrogens with one attached hydrogen (secondary N) is 4. The molecule has 6 heterocycles. The number of hydrogen-bond donors (Lipinski definition) is 4. The van der Waals surface area contributed by atoms with E-state index in [1.807, 2.05) is 6.07 Å². The molecule has 0 spiro atoms. The van der Waals surface area contributed by atoms with Crippen molar-refractivity contribution in [2.24, 2.45) is 5.41 Å². The number of pyridine rings is 1. The molecule has 0 bridgehead atoms. The molecular weight excluding hydrogens is 885 g/mol. The number of hydrogen-bond acceptors (Lipinski definition) is 16. The van der Waals surface area contributed by atoms with Gasteiger partial charge in [-0.3, -0.25) is 19.8 Å². The van der Waals surface area contributed by atoms with Gasteiger partial charge in [0.1, 0.15) is 22.8 Å². The lowest BCUT2D eigenvalue weighted by Crippen LogP contribution is -2.47. The number of benzene rings is 2. The highest BCUT2D eigenvalue weighted by Crippen LogP contribution is 2.45. The number of anilines is 4. The van der Waals surface area contributed by atoms with Crippen molar-refractivity contribution in [2.75, 3.05) is 74.6 Å². The van der Waals surface area contributed by atoms with Crippen molar-refractivity contribution in [3.8, 4) is 11.5 Å². The van der Waals surface area contributed by atoms with E-state index in [2.05, 4.69) is 70.4 Å². The molecule has 2 saturated heterocycles. The number of amides is 1. The number of thiophene rings is 1. The van der Waals surface area contributed by atoms with Crippen LogP contribution in [0.5, 0.6) is 11.5 Å². The van der Waals surface area contributed by atoms with Gasteiger partial charge in [-0.25, -0.2) is 28.1 Å². The Morgan fingerprint density at radius 3 is 2.67 bits per heavy atom. The van der Waals surface area contributed by atoms with E-state index in [0.717, 1.165) is 61.7 Å². The summed E-state index contributed by atoms with van der Waals surface area (Å²) in [7, 11) is -4.59. The van der Waals surface area contributed by atoms with Crippen molar-refractivity contribution >= 4 is 72.6 Å². The molecule has 2 aliphatic heterocycles. The van der Waals surface area contributed by atoms with Crippen LogP contribution in [0.15, 0.2) is 101 Å². The maximum atomic E-state index is 14.0. The van der Waals surface area contributed by atoms with E-state index < -0.39 is 31.4 Å². The highest BCUT2D eigenvalue weighted by atomic mass is 32.2. The largest absolute Gasteiger partial charge is 0.455 e. The Morgan fingerprint density at radius 1 is 1.05 bits per heavy atom. The molecule has 0 radical (unpaired) electrons. The molecule has 1 aliphatic carbocycles. The van der Waals surface area contributed by atoms with E-state index in [-0.39, 0.29) is 35.1 Å². The molecule has 1 amide bonds. The number of sulfonamides is 1. The van der Waals surface area contributed by atoms with E-state index in [1.165, 1.54) is 40.4 Å². The van der Waals surface area contributed by atoms with Crippen LogP contribution < -0.4 is 25.0 Å². The molecular formula is C46H50N10O8S2. The van der Waals surface area contributed by atoms with Crippen LogP contribution >= 0.6 is 11.3 Å². The number of rotatable bonds is 15. The third kappa shape index (κ3) is 10.5. The van der Waals surface area contributed by atoms with E-state index >= 15 is 0 Å². The van der Waals surface area contributed by atoms with Crippen molar-refractivity contribution < 1.29 is 32.3 Å². The number of ether oxygens (including phenoxy) is 3. The molecule has 4 aromatic heterocycles. The van der Waals surface area contributed by atoms with Crippen LogP contribution in [0, 0.1) is 15.5 Å². The van der Waals surface area contributed by atoms with Gasteiger partial charge in [0.15, 0.2) is 0 Å². The number of fused-ring (bicyclic) bond motifs is 1. The smallest absolute Gasteiger partial charge is 0.293 e. The molecule has 6 aromatic rings. The van der Waals surface area contributed by atoms with Gasteiger partial charge in [-0.05, 0) is 78.8 Å². The van der Waals surface area contributed by atoms with Crippen molar-refractivity contribution in [1.82, 2.24) is 29.6 Å². The Kier molecular flexibility index (Phi) is 13.0. The predicted molar refractivity (Wildman–Crippen MR) is 252 cm³/mol. The van der Waals surface area contributed by atoms with Crippen LogP contribution in [0.2, 0.25) is 0 Å². The highest BCUT2D eigenvalue weighted by molar-refractivity contribution is 7.90. The standard InChI is InChI=1S/C46H50N10O8S2/c1-46(2)10-8-31(38(24-46)42-21-32(29-65-42)52-45-48-11-3-12-49-45)27-54-14-16-55(17-15-54)33-4-6-37(41(22-33)64-34-20-30-9-13-47-43(30)51-25-34)44(57)53-66(60,61)36-5-7-39(40(23-36)56(58)59)50-26-35-28-62-18-19-63-35/h3-7,9,11-13,20-23,25,29,35,50H,8,10,14-19,24,26-28H2,1-2H3,(H,47,51)(H,53,57)(H,48,49,52)/t35-/m0/s1. The first kappa shape index (κ1) is 44.7. The number of nitrogens with zero attached hydrogens (tertiary/aromatic N) is 6. The number of piperazine rings is 1. The first-order valence-corrected chi connectivity index (χ1v) is 24.1. The van der Waals surface area contributed by atoms with E-state index in [0.29, 0.717) is 50.3 Å². The fourth-order valence-corrected chi connectivity index (χ4v) is 10.4. The van der Waals surface area contributed by atoms with Crippen molar-refractivity contribution in [2.45, 2.75) is 44.1 Å². The Hall–Kier alpha value is -6.45. The topological polar surface area (TPSA) is 219 Å². The fourth-order valence-electron chi connectivity index (χ4n) is 8.43. The minimum atomic E-state index is -4.59. The second-order valence-corrected chi connectivity index (χ2v) is 19.9. The molecule has 4 N–H and O–H groups in total. The lowest BCUT2D eigenvalue weighted by molar-refractivity contribution is -0.384. The highest BCUT2D eigenvalue weighted by Gasteiger charge is 2.31. The van der Waals surface area contributed by atoms with Crippen LogP contribution in [0.4, 0.5) is 28.7 Å². The number of carbonyl (C=O) groups excluding carboxylic acids is 1. The average molecular weight is 935 g/mol. The molecule has 9 rings (SSSR count). The molecule has 2 aromatic carbocycles. The summed E-state index contributed by atoms with van der Waals surface area (Å²) in [6, 6.07) is 16.1. The van der Waals surface area contributed by atoms with Gasteiger partial charge in [-0.15, -0.1) is 11.3 Å². The zero-order valence-corrected chi connectivity index (χ0v) is 38.1. The van der Waals surface area contributed by atoms with E-state index in [9.17, 15) is 23.3 Å². The summed E-state index contributed by atoms with van der Waals surface area (Å²) in [5, 5.41) is 21.3. The maximum absolute atomic E-state index is 14.0. The third-order valence-corrected chi connectivity index (χ3v) is 14.3. The Morgan fingerprint density at radius 2 is 1.88 bits per heavy atom. The van der Waals surface area contributed by atoms with Crippen molar-refractivity contribution in [3.63, 3.8) is 0 Å². The number of allylic oxidation sites excluding steroid dienone is 1. The van der Waals surface area contributed by atoms with Crippen LogP contribution in [0.25, 0.3) is 16.6 Å². The van der Waals surface area contributed by atoms with Gasteiger partial charge < -0.3 is 34.7 Å². The van der Waals surface area contributed by atoms with E-state index in [1.54, 1.807) is 54.2 Å². The summed E-state index contributed by atoms with van der Waals surface area (Å²) in [6.07, 6.45) is 9.53. The lowest BCUT2D eigenvalue weighted by Gasteiger charge is -2.39. The number of carbonyl (C=O) groups is 1. The van der Waals surface area contributed by atoms with Gasteiger partial charge in [0.2, 0.25) is 5.95 Å². The van der Waals surface area contributed by atoms with Crippen molar-refractivity contribution in [3.05, 3.63) is 117 Å². The molecule has 20 heteroatoms. The molecule has 66 heavy (non-hydrogen) atoms. The minimum absolute atomic E-state index is 0.0551. The maximum Gasteiger partial charge on any atom is 0.293 e. The Balaban J connectivity index is 0.915. The molecule has 0 unspecified atom stereocenters. The normalized spacial score (nSPS) is 18.0. The number of nitro groups is 1. The van der Waals surface area contributed by atoms with Crippen molar-refractivity contribution in [1.29, 1.82) is 0 Å². The zero-order chi connectivity index (χ0) is 45.8. The summed E-state index contributed by atoms with van der Waals surface area (Å²) < 4.78 is 46.8. The SMILES string of the molecule is CC1(C)CCC(CN2CCN(c3ccc(C(=O)NS(=O)(=O)c4ccc(NC[C@H]5COCCO5)c([N+](=O)[O-])c4)c(Oc4cnc5[nH]ccc5c4)c3)CC2)=C(c2cc(Nc3ncccn3)cs2)C1. The fraction of sp³-hybridized carbons (Fsp3) is 0.348. The van der Waals surface area contributed by atoms with Gasteiger partial charge in [0.05, 0.1) is 53.2 Å². The average Bonchev–Trinajstić information content (AvgIpc) is 3.99. The van der Waals surface area contributed by atoms with Crippen LogP contribution in [0.1, 0.15) is 48.3 Å². The Bertz CT molecular complexity index is 2870. The molecule has 3 aliphatic rings. The minimum Gasteiger partial charge on any atom is -0.455 e. The quantitative estimate of drug-likeness (QED) is 0.0576. The monoisotopic (exact) mass is 934 g/mol. The first-order valence-electron chi connectivity index (χ1n) is 21.7. The summed E-state index contributed by atoms with van der Waals surface area (Å²) in [5.74, 6) is 0.0444.